The molecular weight excluding hydrogens is 331 g/mol. The number of ether oxygens (including phenoxy) is 1. The summed E-state index contributed by atoms with van der Waals surface area (Å²) >= 11 is 11.9. The lowest BCUT2D eigenvalue weighted by atomic mass is 10.3. The molecule has 0 atom stereocenters. The zero-order valence-electron chi connectivity index (χ0n) is 11.7. The van der Waals surface area contributed by atoms with E-state index in [0.717, 1.165) is 0 Å². The monoisotopic (exact) mass is 342 g/mol. The first-order valence-electron chi connectivity index (χ1n) is 6.26. The Kier molecular flexibility index (Phi) is 4.99. The molecule has 116 valence electrons. The highest BCUT2D eigenvalue weighted by Gasteiger charge is 2.25. The summed E-state index contributed by atoms with van der Waals surface area (Å²) in [7, 11) is 0. The average Bonchev–Trinajstić information content (AvgIpc) is 2.42. The standard InChI is InChI=1S/C13H12Cl2N4O3/c1-7(2)22-13-11(19(20)21)12(16-6-17-13)18-10-5-8(14)3-4-9(10)15/h3-7H,1-2H3,(H,16,17,18). The molecule has 1 heterocycles. The second kappa shape index (κ2) is 6.76. The van der Waals surface area contributed by atoms with Crippen molar-refractivity contribution in [3.63, 3.8) is 0 Å². The SMILES string of the molecule is CC(C)Oc1ncnc(Nc2cc(Cl)ccc2Cl)c1[N+](=O)[O-]. The summed E-state index contributed by atoms with van der Waals surface area (Å²) < 4.78 is 5.35. The van der Waals surface area contributed by atoms with Crippen LogP contribution in [0.4, 0.5) is 17.2 Å². The molecule has 0 saturated carbocycles. The highest BCUT2D eigenvalue weighted by molar-refractivity contribution is 6.35. The second-order valence-corrected chi connectivity index (χ2v) is 5.39. The van der Waals surface area contributed by atoms with Gasteiger partial charge in [0.25, 0.3) is 5.88 Å². The molecule has 22 heavy (non-hydrogen) atoms. The normalized spacial score (nSPS) is 10.6. The second-order valence-electron chi connectivity index (χ2n) is 4.55. The van der Waals surface area contributed by atoms with Crippen molar-refractivity contribution < 1.29 is 9.66 Å². The fraction of sp³-hybridized carbons (Fsp3) is 0.231. The number of nitrogens with one attached hydrogen (secondary N) is 1. The van der Waals surface area contributed by atoms with Gasteiger partial charge in [-0.05, 0) is 32.0 Å². The molecule has 2 rings (SSSR count). The molecule has 0 aliphatic carbocycles. The maximum atomic E-state index is 11.3. The Labute approximate surface area is 136 Å². The van der Waals surface area contributed by atoms with Crippen LogP contribution < -0.4 is 10.1 Å². The molecule has 1 aromatic heterocycles. The third-order valence-electron chi connectivity index (χ3n) is 2.50. The number of hydrogen-bond donors (Lipinski definition) is 1. The molecular formula is C13H12Cl2N4O3. The van der Waals surface area contributed by atoms with Crippen molar-refractivity contribution in [2.24, 2.45) is 0 Å². The Morgan fingerprint density at radius 2 is 2.05 bits per heavy atom. The zero-order valence-corrected chi connectivity index (χ0v) is 13.2. The quantitative estimate of drug-likeness (QED) is 0.646. The Morgan fingerprint density at radius 3 is 2.68 bits per heavy atom. The highest BCUT2D eigenvalue weighted by Crippen LogP contribution is 2.35. The minimum absolute atomic E-state index is 0.0279. The molecule has 0 amide bonds. The van der Waals surface area contributed by atoms with E-state index in [4.69, 9.17) is 27.9 Å². The van der Waals surface area contributed by atoms with Gasteiger partial charge in [-0.3, -0.25) is 10.1 Å². The summed E-state index contributed by atoms with van der Waals surface area (Å²) in [6, 6.07) is 4.72. The Morgan fingerprint density at radius 1 is 1.32 bits per heavy atom. The number of rotatable bonds is 5. The van der Waals surface area contributed by atoms with Gasteiger partial charge in [0, 0.05) is 5.02 Å². The molecule has 7 nitrogen and oxygen atoms in total. The molecule has 1 N–H and O–H groups in total. The number of nitrogens with zero attached hydrogens (tertiary/aromatic N) is 3. The van der Waals surface area contributed by atoms with Crippen molar-refractivity contribution in [1.29, 1.82) is 0 Å². The zero-order chi connectivity index (χ0) is 16.3. The fourth-order valence-electron chi connectivity index (χ4n) is 1.65. The number of aromatic nitrogens is 2. The molecule has 0 bridgehead atoms. The molecule has 0 fully saturated rings. The van der Waals surface area contributed by atoms with E-state index in [2.05, 4.69) is 15.3 Å². The first-order valence-corrected chi connectivity index (χ1v) is 7.02. The molecule has 0 aliphatic heterocycles. The van der Waals surface area contributed by atoms with Gasteiger partial charge in [0.1, 0.15) is 6.33 Å². The lowest BCUT2D eigenvalue weighted by molar-refractivity contribution is -0.385. The van der Waals surface area contributed by atoms with Gasteiger partial charge < -0.3 is 10.1 Å². The van der Waals surface area contributed by atoms with E-state index in [9.17, 15) is 10.1 Å². The first kappa shape index (κ1) is 16.3. The molecule has 9 heteroatoms. The summed E-state index contributed by atoms with van der Waals surface area (Å²) in [6.07, 6.45) is 0.905. The van der Waals surface area contributed by atoms with Crippen molar-refractivity contribution in [1.82, 2.24) is 9.97 Å². The van der Waals surface area contributed by atoms with E-state index in [0.29, 0.717) is 15.7 Å². The van der Waals surface area contributed by atoms with E-state index in [1.165, 1.54) is 6.33 Å². The molecule has 0 spiro atoms. The van der Waals surface area contributed by atoms with Crippen LogP contribution in [-0.2, 0) is 0 Å². The van der Waals surface area contributed by atoms with Gasteiger partial charge in [0.15, 0.2) is 0 Å². The third-order valence-corrected chi connectivity index (χ3v) is 3.06. The number of halogens is 2. The van der Waals surface area contributed by atoms with Gasteiger partial charge in [-0.1, -0.05) is 23.2 Å². The Hall–Kier alpha value is -2.12. The number of nitro groups is 1. The molecule has 0 radical (unpaired) electrons. The lowest BCUT2D eigenvalue weighted by Crippen LogP contribution is -2.11. The molecule has 2 aromatic rings. The van der Waals surface area contributed by atoms with Crippen LogP contribution in [0.5, 0.6) is 5.88 Å². The Bertz CT molecular complexity index is 710. The van der Waals surface area contributed by atoms with Crippen molar-refractivity contribution in [3.05, 3.63) is 44.7 Å². The highest BCUT2D eigenvalue weighted by atomic mass is 35.5. The van der Waals surface area contributed by atoms with E-state index in [1.807, 2.05) is 0 Å². The minimum Gasteiger partial charge on any atom is -0.470 e. The van der Waals surface area contributed by atoms with Crippen LogP contribution in [0.2, 0.25) is 10.0 Å². The predicted molar refractivity (Wildman–Crippen MR) is 84.2 cm³/mol. The first-order chi connectivity index (χ1) is 10.4. The van der Waals surface area contributed by atoms with E-state index < -0.39 is 4.92 Å². The maximum absolute atomic E-state index is 11.3. The molecule has 1 aromatic carbocycles. The van der Waals surface area contributed by atoms with Crippen molar-refractivity contribution >= 4 is 40.4 Å². The summed E-state index contributed by atoms with van der Waals surface area (Å²) in [5.41, 5.74) is 0.0266. The van der Waals surface area contributed by atoms with Gasteiger partial charge in [0.2, 0.25) is 5.82 Å². The van der Waals surface area contributed by atoms with E-state index >= 15 is 0 Å². The number of anilines is 2. The van der Waals surface area contributed by atoms with Crippen molar-refractivity contribution in [3.8, 4) is 5.88 Å². The van der Waals surface area contributed by atoms with Crippen LogP contribution in [0, 0.1) is 10.1 Å². The lowest BCUT2D eigenvalue weighted by Gasteiger charge is -2.12. The van der Waals surface area contributed by atoms with Crippen LogP contribution in [0.15, 0.2) is 24.5 Å². The van der Waals surface area contributed by atoms with Crippen LogP contribution in [0.3, 0.4) is 0 Å². The van der Waals surface area contributed by atoms with Crippen LogP contribution in [0.1, 0.15) is 13.8 Å². The third kappa shape index (κ3) is 3.75. The topological polar surface area (TPSA) is 90.2 Å². The minimum atomic E-state index is -0.613. The summed E-state index contributed by atoms with van der Waals surface area (Å²) in [5.74, 6) is -0.143. The smallest absolute Gasteiger partial charge is 0.373 e. The van der Waals surface area contributed by atoms with E-state index in [-0.39, 0.29) is 23.5 Å². The van der Waals surface area contributed by atoms with Crippen LogP contribution >= 0.6 is 23.2 Å². The number of hydrogen-bond acceptors (Lipinski definition) is 6. The molecule has 0 aliphatic rings. The summed E-state index contributed by atoms with van der Waals surface area (Å²) in [5, 5.41) is 14.9. The Balaban J connectivity index is 2.46. The van der Waals surface area contributed by atoms with Crippen LogP contribution in [-0.4, -0.2) is 21.0 Å². The van der Waals surface area contributed by atoms with E-state index in [1.54, 1.807) is 32.0 Å². The predicted octanol–water partition coefficient (Wildman–Crippen LogP) is 4.22. The van der Waals surface area contributed by atoms with Crippen molar-refractivity contribution in [2.45, 2.75) is 20.0 Å². The van der Waals surface area contributed by atoms with Crippen molar-refractivity contribution in [2.75, 3.05) is 5.32 Å². The molecule has 0 unspecified atom stereocenters. The van der Waals surface area contributed by atoms with Gasteiger partial charge in [-0.2, -0.15) is 4.98 Å². The number of benzene rings is 1. The fourth-order valence-corrected chi connectivity index (χ4v) is 1.99. The molecule has 0 saturated heterocycles. The van der Waals surface area contributed by atoms with Gasteiger partial charge in [0.05, 0.1) is 21.7 Å². The van der Waals surface area contributed by atoms with Gasteiger partial charge in [-0.15, -0.1) is 0 Å². The maximum Gasteiger partial charge on any atom is 0.373 e. The summed E-state index contributed by atoms with van der Waals surface area (Å²) in [4.78, 5) is 18.4. The van der Waals surface area contributed by atoms with Gasteiger partial charge >= 0.3 is 5.69 Å². The van der Waals surface area contributed by atoms with Crippen LogP contribution in [0.25, 0.3) is 0 Å². The van der Waals surface area contributed by atoms with Gasteiger partial charge in [-0.25, -0.2) is 4.98 Å². The largest absolute Gasteiger partial charge is 0.470 e. The average molecular weight is 343 g/mol. The summed E-state index contributed by atoms with van der Waals surface area (Å²) in [6.45, 7) is 3.49.